The van der Waals surface area contributed by atoms with Crippen LogP contribution < -0.4 is 4.90 Å². The fourth-order valence-electron chi connectivity index (χ4n) is 4.32. The van der Waals surface area contributed by atoms with Crippen molar-refractivity contribution in [2.45, 2.75) is 18.6 Å². The number of carbonyl (C=O) groups excluding carboxylic acids is 2. The monoisotopic (exact) mass is 289 g/mol. The lowest BCUT2D eigenvalue weighted by Crippen LogP contribution is -2.43. The molecule has 3 aliphatic rings. The number of aliphatic hydroxyl groups is 2. The summed E-state index contributed by atoms with van der Waals surface area (Å²) in [5, 5.41) is 29.8. The Labute approximate surface area is 120 Å². The molecule has 0 spiro atoms. The number of phenols is 1. The molecule has 1 heterocycles. The van der Waals surface area contributed by atoms with Crippen LogP contribution in [0.4, 0.5) is 5.69 Å². The topological polar surface area (TPSA) is 98.1 Å². The third-order valence-corrected chi connectivity index (χ3v) is 5.21. The summed E-state index contributed by atoms with van der Waals surface area (Å²) >= 11 is 0. The largest absolute Gasteiger partial charge is 0.506 e. The van der Waals surface area contributed by atoms with Crippen molar-refractivity contribution in [2.75, 3.05) is 4.90 Å². The lowest BCUT2D eigenvalue weighted by Gasteiger charge is -2.29. The van der Waals surface area contributed by atoms with E-state index in [0.717, 1.165) is 4.90 Å². The molecular formula is C15H15NO5. The van der Waals surface area contributed by atoms with Gasteiger partial charge in [0.05, 0.1) is 29.7 Å². The summed E-state index contributed by atoms with van der Waals surface area (Å²) in [5.74, 6) is -2.81. The van der Waals surface area contributed by atoms with Crippen molar-refractivity contribution < 1.29 is 24.9 Å². The fourth-order valence-corrected chi connectivity index (χ4v) is 4.32. The Morgan fingerprint density at radius 1 is 0.952 bits per heavy atom. The Bertz CT molecular complexity index is 613. The van der Waals surface area contributed by atoms with Crippen LogP contribution in [0.1, 0.15) is 6.42 Å². The van der Waals surface area contributed by atoms with Crippen molar-refractivity contribution in [3.05, 3.63) is 24.3 Å². The van der Waals surface area contributed by atoms with Gasteiger partial charge in [-0.3, -0.25) is 9.59 Å². The third kappa shape index (κ3) is 1.43. The van der Waals surface area contributed by atoms with Crippen molar-refractivity contribution in [1.82, 2.24) is 0 Å². The lowest BCUT2D eigenvalue weighted by molar-refractivity contribution is -0.129. The average Bonchev–Trinajstić information content (AvgIpc) is 3.06. The first-order valence-corrected chi connectivity index (χ1v) is 7.04. The van der Waals surface area contributed by atoms with Gasteiger partial charge in [0.15, 0.2) is 0 Å². The second-order valence-electron chi connectivity index (χ2n) is 6.10. The highest BCUT2D eigenvalue weighted by molar-refractivity contribution is 6.23. The molecule has 3 N–H and O–H groups in total. The maximum absolute atomic E-state index is 12.6. The summed E-state index contributed by atoms with van der Waals surface area (Å²) in [4.78, 5) is 26.2. The molecule has 2 amide bonds. The van der Waals surface area contributed by atoms with Crippen molar-refractivity contribution in [3.63, 3.8) is 0 Å². The lowest BCUT2D eigenvalue weighted by atomic mass is 9.78. The van der Waals surface area contributed by atoms with E-state index in [1.165, 1.54) is 12.1 Å². The third-order valence-electron chi connectivity index (χ3n) is 5.21. The molecule has 6 atom stereocenters. The molecule has 6 heteroatoms. The molecule has 4 rings (SSSR count). The molecule has 2 aliphatic carbocycles. The molecule has 3 fully saturated rings. The summed E-state index contributed by atoms with van der Waals surface area (Å²) in [5.41, 5.74) is 0.172. The van der Waals surface area contributed by atoms with Gasteiger partial charge in [-0.1, -0.05) is 12.1 Å². The van der Waals surface area contributed by atoms with E-state index in [1.54, 1.807) is 12.1 Å². The Morgan fingerprint density at radius 2 is 1.48 bits per heavy atom. The van der Waals surface area contributed by atoms with Gasteiger partial charge in [-0.2, -0.15) is 0 Å². The first-order valence-electron chi connectivity index (χ1n) is 7.04. The molecule has 0 aromatic heterocycles. The standard InChI is InChI=1S/C15H15NO5/c17-9-4-2-1-3-8(9)16-14(20)10-6-5-7(11(10)15(16)21)13(19)12(6)18/h1-4,6-7,10-13,17-19H,5H2/t6-,7-,10-,11-,12+,13+/m1/s1. The summed E-state index contributed by atoms with van der Waals surface area (Å²) in [6, 6.07) is 6.19. The number of nitrogens with zero attached hydrogens (tertiary/aromatic N) is 1. The van der Waals surface area contributed by atoms with Crippen molar-refractivity contribution in [1.29, 1.82) is 0 Å². The molecule has 2 bridgehead atoms. The van der Waals surface area contributed by atoms with Crippen LogP contribution in [0.2, 0.25) is 0 Å². The smallest absolute Gasteiger partial charge is 0.238 e. The van der Waals surface area contributed by atoms with Crippen molar-refractivity contribution in [2.24, 2.45) is 23.7 Å². The predicted molar refractivity (Wildman–Crippen MR) is 71.2 cm³/mol. The number of anilines is 1. The summed E-state index contributed by atoms with van der Waals surface area (Å²) < 4.78 is 0. The molecule has 21 heavy (non-hydrogen) atoms. The maximum Gasteiger partial charge on any atom is 0.238 e. The van der Waals surface area contributed by atoms with Crippen LogP contribution in [0.25, 0.3) is 0 Å². The van der Waals surface area contributed by atoms with E-state index in [0.29, 0.717) is 6.42 Å². The van der Waals surface area contributed by atoms with E-state index in [4.69, 9.17) is 0 Å². The first kappa shape index (κ1) is 12.8. The number of benzene rings is 1. The molecule has 1 saturated heterocycles. The van der Waals surface area contributed by atoms with Crippen LogP contribution in [0.15, 0.2) is 24.3 Å². The van der Waals surface area contributed by atoms with E-state index in [2.05, 4.69) is 0 Å². The van der Waals surface area contributed by atoms with Crippen LogP contribution in [-0.2, 0) is 9.59 Å². The van der Waals surface area contributed by atoms with Gasteiger partial charge in [-0.25, -0.2) is 4.90 Å². The van der Waals surface area contributed by atoms with E-state index < -0.39 is 24.0 Å². The number of imide groups is 1. The zero-order chi connectivity index (χ0) is 14.9. The Morgan fingerprint density at radius 3 is 2.00 bits per heavy atom. The highest BCUT2D eigenvalue weighted by atomic mass is 16.3. The zero-order valence-corrected chi connectivity index (χ0v) is 11.1. The molecule has 0 radical (unpaired) electrons. The molecule has 2 saturated carbocycles. The van der Waals surface area contributed by atoms with Crippen LogP contribution in [-0.4, -0.2) is 39.3 Å². The van der Waals surface area contributed by atoms with Crippen LogP contribution in [0.5, 0.6) is 5.75 Å². The minimum Gasteiger partial charge on any atom is -0.506 e. The average molecular weight is 289 g/mol. The number of para-hydroxylation sites is 2. The zero-order valence-electron chi connectivity index (χ0n) is 11.1. The second-order valence-corrected chi connectivity index (χ2v) is 6.10. The predicted octanol–water partition coefficient (Wildman–Crippen LogP) is -0.131. The van der Waals surface area contributed by atoms with Gasteiger partial charge in [0.1, 0.15) is 5.75 Å². The number of carbonyl (C=O) groups is 2. The number of rotatable bonds is 1. The number of aromatic hydroxyl groups is 1. The summed E-state index contributed by atoms with van der Waals surface area (Å²) in [6.45, 7) is 0. The van der Waals surface area contributed by atoms with Crippen LogP contribution in [0, 0.1) is 23.7 Å². The SMILES string of the molecule is O=C1[C@@H]2[C@H]3C[C@@H]([C@H](O)[C@H]3O)[C@H]2C(=O)N1c1ccccc1O. The fraction of sp³-hybridized carbons (Fsp3) is 0.467. The molecular weight excluding hydrogens is 274 g/mol. The van der Waals surface area contributed by atoms with E-state index in [1.807, 2.05) is 0 Å². The summed E-state index contributed by atoms with van der Waals surface area (Å²) in [7, 11) is 0. The Balaban J connectivity index is 1.77. The van der Waals surface area contributed by atoms with E-state index >= 15 is 0 Å². The first-order chi connectivity index (χ1) is 10.0. The quantitative estimate of drug-likeness (QED) is 0.626. The molecule has 1 aromatic carbocycles. The number of hydrogen-bond donors (Lipinski definition) is 3. The normalized spacial score (nSPS) is 41.0. The number of hydrogen-bond acceptors (Lipinski definition) is 5. The molecule has 1 aliphatic heterocycles. The van der Waals surface area contributed by atoms with Crippen molar-refractivity contribution in [3.8, 4) is 5.75 Å². The minimum atomic E-state index is -0.947. The Hall–Kier alpha value is -1.92. The number of phenolic OH excluding ortho intramolecular Hbond substituents is 1. The van der Waals surface area contributed by atoms with Crippen molar-refractivity contribution >= 4 is 17.5 Å². The van der Waals surface area contributed by atoms with Gasteiger partial charge in [0, 0.05) is 11.8 Å². The van der Waals surface area contributed by atoms with Crippen LogP contribution >= 0.6 is 0 Å². The second kappa shape index (κ2) is 4.05. The van der Waals surface area contributed by atoms with Gasteiger partial charge >= 0.3 is 0 Å². The Kier molecular flexibility index (Phi) is 2.47. The van der Waals surface area contributed by atoms with Gasteiger partial charge in [0.2, 0.25) is 11.8 Å². The number of aliphatic hydroxyl groups excluding tert-OH is 2. The van der Waals surface area contributed by atoms with Gasteiger partial charge in [-0.15, -0.1) is 0 Å². The molecule has 6 nitrogen and oxygen atoms in total. The highest BCUT2D eigenvalue weighted by Gasteiger charge is 2.67. The molecule has 110 valence electrons. The summed E-state index contributed by atoms with van der Waals surface area (Å²) in [6.07, 6.45) is -1.39. The van der Waals surface area contributed by atoms with Crippen LogP contribution in [0.3, 0.4) is 0 Å². The van der Waals surface area contributed by atoms with E-state index in [9.17, 15) is 24.9 Å². The van der Waals surface area contributed by atoms with Gasteiger partial charge < -0.3 is 15.3 Å². The van der Waals surface area contributed by atoms with Gasteiger partial charge in [0.25, 0.3) is 0 Å². The number of fused-ring (bicyclic) bond motifs is 5. The minimum absolute atomic E-state index is 0.132. The highest BCUT2D eigenvalue weighted by Crippen LogP contribution is 2.57. The van der Waals surface area contributed by atoms with E-state index in [-0.39, 0.29) is 35.1 Å². The number of amides is 2. The maximum atomic E-state index is 12.6. The molecule has 1 aromatic rings. The van der Waals surface area contributed by atoms with Gasteiger partial charge in [-0.05, 0) is 18.6 Å². The molecule has 0 unspecified atom stereocenters.